The van der Waals surface area contributed by atoms with Crippen molar-refractivity contribution in [2.24, 2.45) is 5.73 Å². The third kappa shape index (κ3) is 6.32. The topological polar surface area (TPSA) is 96.2 Å². The summed E-state index contributed by atoms with van der Waals surface area (Å²) < 4.78 is 0. The minimum absolute atomic E-state index is 0. The lowest BCUT2D eigenvalue weighted by Crippen LogP contribution is -2.45. The maximum absolute atomic E-state index is 12.0. The molecule has 3 amide bonds. The number of carbonyl (C=O) groups is 2. The van der Waals surface area contributed by atoms with Gasteiger partial charge in [-0.05, 0) is 44.9 Å². The number of amides is 3. The van der Waals surface area contributed by atoms with Gasteiger partial charge in [0.25, 0.3) is 5.91 Å². The molecule has 0 unspecified atom stereocenters. The van der Waals surface area contributed by atoms with Crippen LogP contribution in [0.4, 0.5) is 10.5 Å². The summed E-state index contributed by atoms with van der Waals surface area (Å²) in [6, 6.07) is 6.88. The van der Waals surface area contributed by atoms with Crippen LogP contribution >= 0.6 is 12.4 Å². The van der Waals surface area contributed by atoms with E-state index in [0.29, 0.717) is 23.8 Å². The van der Waals surface area contributed by atoms with E-state index in [1.54, 1.807) is 24.3 Å². The van der Waals surface area contributed by atoms with Crippen molar-refractivity contribution in [3.05, 3.63) is 29.8 Å². The molecule has 1 aromatic carbocycles. The molecule has 0 heterocycles. The number of nitrogens with one attached hydrogen (secondary N) is 3. The molecule has 7 heteroatoms. The molecule has 1 saturated carbocycles. The van der Waals surface area contributed by atoms with E-state index < -0.39 is 5.54 Å². The van der Waals surface area contributed by atoms with Gasteiger partial charge >= 0.3 is 6.03 Å². The molecule has 0 atom stereocenters. The van der Waals surface area contributed by atoms with Gasteiger partial charge in [-0.15, -0.1) is 12.4 Å². The third-order valence-electron chi connectivity index (χ3n) is 3.00. The maximum Gasteiger partial charge on any atom is 0.319 e. The molecule has 0 radical (unpaired) electrons. The Morgan fingerprint density at radius 3 is 2.59 bits per heavy atom. The quantitative estimate of drug-likeness (QED) is 0.665. The number of hydrogen-bond donors (Lipinski definition) is 4. The van der Waals surface area contributed by atoms with Crippen LogP contribution in [0.3, 0.4) is 0 Å². The highest BCUT2D eigenvalue weighted by Gasteiger charge is 2.23. The Morgan fingerprint density at radius 1 is 1.32 bits per heavy atom. The molecular weight excluding hydrogens is 304 g/mol. The zero-order valence-electron chi connectivity index (χ0n) is 12.8. The van der Waals surface area contributed by atoms with Crippen LogP contribution in [-0.2, 0) is 0 Å². The molecule has 122 valence electrons. The van der Waals surface area contributed by atoms with Crippen LogP contribution in [0.15, 0.2) is 24.3 Å². The third-order valence-corrected chi connectivity index (χ3v) is 3.00. The van der Waals surface area contributed by atoms with Gasteiger partial charge < -0.3 is 21.7 Å². The number of rotatable bonds is 5. The van der Waals surface area contributed by atoms with Crippen molar-refractivity contribution in [3.8, 4) is 0 Å². The highest BCUT2D eigenvalue weighted by molar-refractivity contribution is 5.97. The Balaban J connectivity index is 0.00000242. The van der Waals surface area contributed by atoms with Crippen LogP contribution in [0.2, 0.25) is 0 Å². The SMILES string of the molecule is CC(C)(N)CNC(=O)c1cccc(NC(=O)NC2CC2)c1.Cl. The lowest BCUT2D eigenvalue weighted by Gasteiger charge is -2.19. The van der Waals surface area contributed by atoms with Crippen LogP contribution in [0.5, 0.6) is 0 Å². The van der Waals surface area contributed by atoms with Gasteiger partial charge in [0.15, 0.2) is 0 Å². The molecule has 0 bridgehead atoms. The summed E-state index contributed by atoms with van der Waals surface area (Å²) in [5, 5.41) is 8.32. The summed E-state index contributed by atoms with van der Waals surface area (Å²) in [5.74, 6) is -0.209. The molecule has 2 rings (SSSR count). The van der Waals surface area contributed by atoms with Crippen molar-refractivity contribution in [1.29, 1.82) is 0 Å². The molecule has 5 N–H and O–H groups in total. The first-order valence-corrected chi connectivity index (χ1v) is 7.08. The van der Waals surface area contributed by atoms with Gasteiger partial charge in [-0.1, -0.05) is 6.07 Å². The van der Waals surface area contributed by atoms with E-state index in [1.807, 2.05) is 13.8 Å². The van der Waals surface area contributed by atoms with Gasteiger partial charge in [0.2, 0.25) is 0 Å². The molecule has 22 heavy (non-hydrogen) atoms. The number of urea groups is 1. The zero-order valence-corrected chi connectivity index (χ0v) is 13.6. The first kappa shape index (κ1) is 18.3. The van der Waals surface area contributed by atoms with Crippen molar-refractivity contribution >= 4 is 30.0 Å². The number of halogens is 1. The minimum Gasteiger partial charge on any atom is -0.350 e. The first-order chi connectivity index (χ1) is 9.83. The molecule has 1 aliphatic carbocycles. The fourth-order valence-corrected chi connectivity index (χ4v) is 1.73. The van der Waals surface area contributed by atoms with E-state index in [0.717, 1.165) is 12.8 Å². The lowest BCUT2D eigenvalue weighted by molar-refractivity contribution is 0.0946. The Bertz CT molecular complexity index is 539. The van der Waals surface area contributed by atoms with E-state index in [9.17, 15) is 9.59 Å². The van der Waals surface area contributed by atoms with Crippen LogP contribution in [0.25, 0.3) is 0 Å². The summed E-state index contributed by atoms with van der Waals surface area (Å²) in [5.41, 5.74) is 6.45. The molecule has 0 aliphatic heterocycles. The highest BCUT2D eigenvalue weighted by atomic mass is 35.5. The molecule has 0 spiro atoms. The molecule has 0 aromatic heterocycles. The van der Waals surface area contributed by atoms with E-state index in [2.05, 4.69) is 16.0 Å². The van der Waals surface area contributed by atoms with Crippen LogP contribution in [0.1, 0.15) is 37.0 Å². The van der Waals surface area contributed by atoms with Crippen LogP contribution in [-0.4, -0.2) is 30.1 Å². The van der Waals surface area contributed by atoms with Gasteiger partial charge in [-0.25, -0.2) is 4.79 Å². The van der Waals surface area contributed by atoms with E-state index in [-0.39, 0.29) is 24.3 Å². The molecule has 1 fully saturated rings. The van der Waals surface area contributed by atoms with Gasteiger partial charge in [0.05, 0.1) is 0 Å². The minimum atomic E-state index is -0.463. The average molecular weight is 327 g/mol. The van der Waals surface area contributed by atoms with Crippen LogP contribution < -0.4 is 21.7 Å². The summed E-state index contributed by atoms with van der Waals surface area (Å²) in [6.07, 6.45) is 2.06. The van der Waals surface area contributed by atoms with Gasteiger partial charge in [-0.3, -0.25) is 4.79 Å². The van der Waals surface area contributed by atoms with Gasteiger partial charge in [-0.2, -0.15) is 0 Å². The first-order valence-electron chi connectivity index (χ1n) is 7.08. The number of carbonyl (C=O) groups excluding carboxylic acids is 2. The smallest absolute Gasteiger partial charge is 0.319 e. The van der Waals surface area contributed by atoms with Crippen molar-refractivity contribution in [2.75, 3.05) is 11.9 Å². The Hall–Kier alpha value is -1.79. The Kier molecular flexibility index (Phi) is 6.20. The van der Waals surface area contributed by atoms with Crippen molar-refractivity contribution < 1.29 is 9.59 Å². The number of nitrogens with two attached hydrogens (primary N) is 1. The Morgan fingerprint density at radius 2 is 2.00 bits per heavy atom. The fraction of sp³-hybridized carbons (Fsp3) is 0.467. The van der Waals surface area contributed by atoms with Crippen molar-refractivity contribution in [1.82, 2.24) is 10.6 Å². The zero-order chi connectivity index (χ0) is 15.5. The van der Waals surface area contributed by atoms with E-state index in [4.69, 9.17) is 5.73 Å². The maximum atomic E-state index is 12.0. The molecule has 0 saturated heterocycles. The predicted molar refractivity (Wildman–Crippen MR) is 89.5 cm³/mol. The normalized spacial score (nSPS) is 13.8. The summed E-state index contributed by atoms with van der Waals surface area (Å²) in [6.45, 7) is 4.06. The van der Waals surface area contributed by atoms with E-state index in [1.165, 1.54) is 0 Å². The average Bonchev–Trinajstić information content (AvgIpc) is 3.19. The lowest BCUT2D eigenvalue weighted by atomic mass is 10.1. The second kappa shape index (κ2) is 7.47. The summed E-state index contributed by atoms with van der Waals surface area (Å²) >= 11 is 0. The second-order valence-electron chi connectivity index (χ2n) is 6.12. The molecule has 1 aliphatic rings. The monoisotopic (exact) mass is 326 g/mol. The number of benzene rings is 1. The van der Waals surface area contributed by atoms with Crippen molar-refractivity contribution in [3.63, 3.8) is 0 Å². The molecule has 1 aromatic rings. The summed E-state index contributed by atoms with van der Waals surface area (Å²) in [4.78, 5) is 23.7. The van der Waals surface area contributed by atoms with Gasteiger partial charge in [0, 0.05) is 29.4 Å². The second-order valence-corrected chi connectivity index (χ2v) is 6.12. The van der Waals surface area contributed by atoms with E-state index >= 15 is 0 Å². The predicted octanol–water partition coefficient (Wildman–Crippen LogP) is 1.86. The molecular formula is C15H23ClN4O2. The standard InChI is InChI=1S/C15H22N4O2.ClH/c1-15(2,16)9-17-13(20)10-4-3-5-12(8-10)19-14(21)18-11-6-7-11;/h3-5,8,11H,6-7,9,16H2,1-2H3,(H,17,20)(H2,18,19,21);1H. The van der Waals surface area contributed by atoms with Crippen LogP contribution in [0, 0.1) is 0 Å². The number of anilines is 1. The largest absolute Gasteiger partial charge is 0.350 e. The summed E-state index contributed by atoms with van der Waals surface area (Å²) in [7, 11) is 0. The van der Waals surface area contributed by atoms with Crippen molar-refractivity contribution in [2.45, 2.75) is 38.3 Å². The van der Waals surface area contributed by atoms with Gasteiger partial charge in [0.1, 0.15) is 0 Å². The molecule has 6 nitrogen and oxygen atoms in total. The fourth-order valence-electron chi connectivity index (χ4n) is 1.73. The number of hydrogen-bond acceptors (Lipinski definition) is 3. The highest BCUT2D eigenvalue weighted by Crippen LogP contribution is 2.19. The Labute approximate surface area is 136 Å².